The Morgan fingerprint density at radius 3 is 2.48 bits per heavy atom. The molecule has 0 unspecified atom stereocenters. The first kappa shape index (κ1) is 18.1. The molecule has 3 aromatic rings. The summed E-state index contributed by atoms with van der Waals surface area (Å²) in [6, 6.07) is 23.3. The van der Waals surface area contributed by atoms with Crippen molar-refractivity contribution in [3.05, 3.63) is 101 Å². The summed E-state index contributed by atoms with van der Waals surface area (Å²) in [6.45, 7) is 2.08. The average Bonchev–Trinajstić information content (AvgIpc) is 2.70. The van der Waals surface area contributed by atoms with Gasteiger partial charge in [0.15, 0.2) is 0 Å². The number of fused-ring (bicyclic) bond motifs is 1. The monoisotopic (exact) mass is 391 g/mol. The molecule has 0 spiro atoms. The summed E-state index contributed by atoms with van der Waals surface area (Å²) >= 11 is 3.43. The summed E-state index contributed by atoms with van der Waals surface area (Å²) in [4.78, 5) is 7.24. The van der Waals surface area contributed by atoms with Gasteiger partial charge in [0, 0.05) is 21.1 Å². The molecule has 0 atom stereocenters. The molecule has 0 aliphatic carbocycles. The van der Waals surface area contributed by atoms with Gasteiger partial charge in [-0.25, -0.2) is 9.38 Å². The number of hydrogen-bond donors (Lipinski definition) is 0. The molecule has 0 bridgehead atoms. The van der Waals surface area contributed by atoms with Crippen LogP contribution < -0.4 is 0 Å². The van der Waals surface area contributed by atoms with Crippen LogP contribution in [0.3, 0.4) is 0 Å². The van der Waals surface area contributed by atoms with E-state index in [1.165, 1.54) is 33.7 Å². The van der Waals surface area contributed by atoms with Crippen LogP contribution in [-0.2, 0) is 0 Å². The van der Waals surface area contributed by atoms with E-state index < -0.39 is 0 Å². The summed E-state index contributed by atoms with van der Waals surface area (Å²) in [7, 11) is 0. The fourth-order valence-corrected chi connectivity index (χ4v) is 4.71. The molecule has 1 heterocycles. The second kappa shape index (κ2) is 8.15. The molecule has 1 aliphatic rings. The maximum Gasteiger partial charge on any atom is 0.123 e. The Morgan fingerprint density at radius 2 is 1.70 bits per heavy atom. The molecular formula is C23H18FNS2. The molecule has 0 amide bonds. The van der Waals surface area contributed by atoms with Gasteiger partial charge >= 0.3 is 0 Å². The minimum absolute atomic E-state index is 0.212. The van der Waals surface area contributed by atoms with Crippen LogP contribution in [0.4, 0.5) is 10.1 Å². The van der Waals surface area contributed by atoms with Crippen molar-refractivity contribution < 1.29 is 4.39 Å². The Morgan fingerprint density at radius 1 is 0.963 bits per heavy atom. The van der Waals surface area contributed by atoms with E-state index in [-0.39, 0.29) is 5.82 Å². The van der Waals surface area contributed by atoms with Crippen molar-refractivity contribution in [3.8, 4) is 0 Å². The molecule has 0 N–H and O–H groups in total. The van der Waals surface area contributed by atoms with Gasteiger partial charge in [0.2, 0.25) is 0 Å². The van der Waals surface area contributed by atoms with Crippen LogP contribution in [-0.4, -0.2) is 11.5 Å². The normalized spacial score (nSPS) is 16.5. The number of nitrogens with zero attached hydrogens (tertiary/aromatic N) is 1. The zero-order valence-corrected chi connectivity index (χ0v) is 16.5. The van der Waals surface area contributed by atoms with Crippen molar-refractivity contribution in [1.29, 1.82) is 0 Å². The molecule has 0 radical (unpaired) electrons. The van der Waals surface area contributed by atoms with E-state index in [1.54, 1.807) is 23.9 Å². The highest BCUT2D eigenvalue weighted by Gasteiger charge is 2.20. The number of thioether (sulfide) groups is 2. The van der Waals surface area contributed by atoms with Gasteiger partial charge in [-0.2, -0.15) is 0 Å². The van der Waals surface area contributed by atoms with Crippen LogP contribution in [0.2, 0.25) is 0 Å². The lowest BCUT2D eigenvalue weighted by Crippen LogP contribution is -2.13. The minimum Gasteiger partial charge on any atom is -0.248 e. The summed E-state index contributed by atoms with van der Waals surface area (Å²) in [5.41, 5.74) is 5.55. The molecule has 4 heteroatoms. The third-order valence-electron chi connectivity index (χ3n) is 4.26. The highest BCUT2D eigenvalue weighted by Crippen LogP contribution is 2.36. The fourth-order valence-electron chi connectivity index (χ4n) is 2.81. The van der Waals surface area contributed by atoms with E-state index in [1.807, 2.05) is 11.8 Å². The number of benzene rings is 3. The largest absolute Gasteiger partial charge is 0.248 e. The van der Waals surface area contributed by atoms with Crippen molar-refractivity contribution in [2.24, 2.45) is 4.99 Å². The maximum atomic E-state index is 13.1. The number of rotatable bonds is 3. The Balaban J connectivity index is 1.72. The van der Waals surface area contributed by atoms with E-state index in [4.69, 9.17) is 4.99 Å². The van der Waals surface area contributed by atoms with Crippen molar-refractivity contribution in [3.63, 3.8) is 0 Å². The lowest BCUT2D eigenvalue weighted by Gasteiger charge is -2.20. The van der Waals surface area contributed by atoms with Crippen LogP contribution >= 0.6 is 23.5 Å². The Hall–Kier alpha value is -2.30. The molecule has 4 rings (SSSR count). The van der Waals surface area contributed by atoms with Crippen LogP contribution in [0.15, 0.2) is 98.6 Å². The fraction of sp³-hybridized carbons (Fsp3) is 0.0870. The molecule has 0 saturated heterocycles. The predicted octanol–water partition coefficient (Wildman–Crippen LogP) is 7.04. The molecular weight excluding hydrogens is 373 g/mol. The van der Waals surface area contributed by atoms with E-state index in [0.29, 0.717) is 0 Å². The second-order valence-corrected chi connectivity index (χ2v) is 8.26. The first-order valence-electron chi connectivity index (χ1n) is 8.68. The lowest BCUT2D eigenvalue weighted by molar-refractivity contribution is 0.626. The van der Waals surface area contributed by atoms with E-state index >= 15 is 0 Å². The molecule has 3 aromatic carbocycles. The number of aliphatic imine (C=N–C) groups is 1. The van der Waals surface area contributed by atoms with E-state index in [2.05, 4.69) is 60.9 Å². The summed E-state index contributed by atoms with van der Waals surface area (Å²) in [5, 5.41) is 2.14. The van der Waals surface area contributed by atoms with Gasteiger partial charge in [0.05, 0.1) is 11.4 Å². The standard InChI is InChI=1S/C23H18FNS2/c1-16-6-10-19(11-7-16)25-23-17(14-26-20-12-8-18(24)9-13-20)15-27-22-5-3-2-4-21(22)23/h2-14H,15H2,1H3/b17-14+,25-23?. The summed E-state index contributed by atoms with van der Waals surface area (Å²) in [5.74, 6) is 0.659. The highest BCUT2D eigenvalue weighted by atomic mass is 32.2. The second-order valence-electron chi connectivity index (χ2n) is 6.30. The van der Waals surface area contributed by atoms with Gasteiger partial charge in [0.25, 0.3) is 0 Å². The molecule has 0 aromatic heterocycles. The zero-order chi connectivity index (χ0) is 18.6. The molecule has 0 fully saturated rings. The molecule has 134 valence electrons. The highest BCUT2D eigenvalue weighted by molar-refractivity contribution is 8.02. The lowest BCUT2D eigenvalue weighted by atomic mass is 10.0. The Labute approximate surface area is 167 Å². The number of aryl methyl sites for hydroxylation is 1. The van der Waals surface area contributed by atoms with Gasteiger partial charge < -0.3 is 0 Å². The van der Waals surface area contributed by atoms with Gasteiger partial charge in [-0.1, -0.05) is 47.7 Å². The summed E-state index contributed by atoms with van der Waals surface area (Å²) < 4.78 is 13.1. The smallest absolute Gasteiger partial charge is 0.123 e. The molecule has 1 aliphatic heterocycles. The first-order valence-corrected chi connectivity index (χ1v) is 10.5. The van der Waals surface area contributed by atoms with Crippen molar-refractivity contribution in [2.75, 3.05) is 5.75 Å². The van der Waals surface area contributed by atoms with Gasteiger partial charge in [0.1, 0.15) is 5.82 Å². The molecule has 27 heavy (non-hydrogen) atoms. The van der Waals surface area contributed by atoms with Crippen LogP contribution in [0, 0.1) is 12.7 Å². The van der Waals surface area contributed by atoms with Crippen molar-refractivity contribution >= 4 is 34.9 Å². The topological polar surface area (TPSA) is 12.4 Å². The van der Waals surface area contributed by atoms with Gasteiger partial charge in [-0.15, -0.1) is 11.8 Å². The van der Waals surface area contributed by atoms with Crippen LogP contribution in [0.25, 0.3) is 0 Å². The van der Waals surface area contributed by atoms with Gasteiger partial charge in [-0.05, 0) is 60.4 Å². The predicted molar refractivity (Wildman–Crippen MR) is 115 cm³/mol. The van der Waals surface area contributed by atoms with Crippen molar-refractivity contribution in [2.45, 2.75) is 16.7 Å². The number of hydrogen-bond acceptors (Lipinski definition) is 3. The zero-order valence-electron chi connectivity index (χ0n) is 14.9. The Kier molecular flexibility index (Phi) is 5.46. The third kappa shape index (κ3) is 4.34. The van der Waals surface area contributed by atoms with E-state index in [9.17, 15) is 4.39 Å². The average molecular weight is 392 g/mol. The SMILES string of the molecule is Cc1ccc(N=C2/C(=C/Sc3ccc(F)cc3)CSc3ccccc32)cc1. The van der Waals surface area contributed by atoms with E-state index in [0.717, 1.165) is 22.0 Å². The maximum absolute atomic E-state index is 13.1. The quantitative estimate of drug-likeness (QED) is 0.444. The number of halogens is 1. The Bertz CT molecular complexity index is 1010. The first-order chi connectivity index (χ1) is 13.2. The molecule has 1 nitrogen and oxygen atoms in total. The third-order valence-corrected chi connectivity index (χ3v) is 6.32. The minimum atomic E-state index is -0.212. The van der Waals surface area contributed by atoms with Crippen LogP contribution in [0.5, 0.6) is 0 Å². The molecule has 0 saturated carbocycles. The summed E-state index contributed by atoms with van der Waals surface area (Å²) in [6.07, 6.45) is 0. The van der Waals surface area contributed by atoms with Crippen molar-refractivity contribution in [1.82, 2.24) is 0 Å². The van der Waals surface area contributed by atoms with Gasteiger partial charge in [-0.3, -0.25) is 0 Å². The van der Waals surface area contributed by atoms with Crippen LogP contribution in [0.1, 0.15) is 11.1 Å².